The van der Waals surface area contributed by atoms with Crippen LogP contribution in [-0.2, 0) is 14.3 Å². The minimum Gasteiger partial charge on any atom is -0.384 e. The number of amides is 1. The van der Waals surface area contributed by atoms with Crippen LogP contribution in [0.3, 0.4) is 0 Å². The number of nitrogens with one attached hydrogen (secondary N) is 1. The molecule has 23 heavy (non-hydrogen) atoms. The molecule has 1 saturated heterocycles. The van der Waals surface area contributed by atoms with E-state index in [1.807, 2.05) is 5.43 Å². The van der Waals surface area contributed by atoms with Gasteiger partial charge in [-0.3, -0.25) is 19.9 Å². The molecule has 8 nitrogen and oxygen atoms in total. The van der Waals surface area contributed by atoms with Gasteiger partial charge in [-0.1, -0.05) is 13.8 Å². The molecule has 0 aromatic heterocycles. The normalized spacial score (nSPS) is 20.1. The Morgan fingerprint density at radius 1 is 1.35 bits per heavy atom. The molecule has 0 aromatic carbocycles. The van der Waals surface area contributed by atoms with Crippen LogP contribution in [0.4, 0.5) is 0 Å². The summed E-state index contributed by atoms with van der Waals surface area (Å²) in [5.41, 5.74) is 7.92. The summed E-state index contributed by atoms with van der Waals surface area (Å²) in [6, 6.07) is -1.84. The molecule has 1 amide bonds. The van der Waals surface area contributed by atoms with E-state index in [9.17, 15) is 14.7 Å². The smallest absolute Gasteiger partial charge is 0.259 e. The molecule has 1 aliphatic rings. The minimum atomic E-state index is -1.40. The predicted octanol–water partition coefficient (Wildman–Crippen LogP) is -1.53. The zero-order chi connectivity index (χ0) is 17.4. The second-order valence-corrected chi connectivity index (χ2v) is 7.46. The lowest BCUT2D eigenvalue weighted by Crippen LogP contribution is -2.60. The fraction of sp³-hybridized carbons (Fsp3) is 0.857. The van der Waals surface area contributed by atoms with E-state index in [-0.39, 0.29) is 0 Å². The van der Waals surface area contributed by atoms with Crippen molar-refractivity contribution >= 4 is 23.5 Å². The molecule has 2 unspecified atom stereocenters. The minimum absolute atomic E-state index is 0.425. The zero-order valence-corrected chi connectivity index (χ0v) is 14.6. The third kappa shape index (κ3) is 6.36. The van der Waals surface area contributed by atoms with Crippen LogP contribution in [0.25, 0.3) is 0 Å². The molecular weight excluding hydrogens is 320 g/mol. The predicted molar refractivity (Wildman–Crippen MR) is 89.7 cm³/mol. The van der Waals surface area contributed by atoms with Gasteiger partial charge in [0.05, 0.1) is 13.2 Å². The summed E-state index contributed by atoms with van der Waals surface area (Å²) in [6.45, 7) is 5.84. The standard InChI is InChI=1S/C14H28N4O4S/c1-9(2)23-8-3-10(15)12(19)13(20)11(14(21)17-16)18-4-6-22-7-5-18/h9-12,19H,3-8,15-16H2,1-2H3,(H,17,21)/t10-,11?,12?/m1/s1. The Morgan fingerprint density at radius 3 is 2.48 bits per heavy atom. The summed E-state index contributed by atoms with van der Waals surface area (Å²) >= 11 is 1.71. The van der Waals surface area contributed by atoms with Crippen LogP contribution < -0.4 is 17.0 Å². The summed E-state index contributed by atoms with van der Waals surface area (Å²) in [5.74, 6) is 4.67. The van der Waals surface area contributed by atoms with Crippen LogP contribution in [0.5, 0.6) is 0 Å². The fourth-order valence-corrected chi connectivity index (χ4v) is 3.24. The monoisotopic (exact) mass is 348 g/mol. The Balaban J connectivity index is 2.68. The van der Waals surface area contributed by atoms with Gasteiger partial charge in [-0.2, -0.15) is 11.8 Å². The van der Waals surface area contributed by atoms with Crippen molar-refractivity contribution in [1.29, 1.82) is 0 Å². The van der Waals surface area contributed by atoms with Crippen molar-refractivity contribution in [3.05, 3.63) is 0 Å². The van der Waals surface area contributed by atoms with Crippen LogP contribution in [0.15, 0.2) is 0 Å². The highest BCUT2D eigenvalue weighted by Crippen LogP contribution is 2.14. The summed E-state index contributed by atoms with van der Waals surface area (Å²) in [4.78, 5) is 26.2. The van der Waals surface area contributed by atoms with E-state index in [0.717, 1.165) is 5.75 Å². The van der Waals surface area contributed by atoms with Crippen molar-refractivity contribution < 1.29 is 19.4 Å². The molecule has 9 heteroatoms. The summed E-state index contributed by atoms with van der Waals surface area (Å²) in [7, 11) is 0. The van der Waals surface area contributed by atoms with Crippen LogP contribution in [0.1, 0.15) is 20.3 Å². The van der Waals surface area contributed by atoms with E-state index in [2.05, 4.69) is 13.8 Å². The van der Waals surface area contributed by atoms with Gasteiger partial charge >= 0.3 is 0 Å². The number of aliphatic hydroxyl groups excluding tert-OH is 1. The van der Waals surface area contributed by atoms with Crippen LogP contribution in [0.2, 0.25) is 0 Å². The van der Waals surface area contributed by atoms with Gasteiger partial charge in [0.15, 0.2) is 11.8 Å². The third-order valence-corrected chi connectivity index (χ3v) is 4.81. The van der Waals surface area contributed by atoms with Crippen LogP contribution in [-0.4, -0.2) is 77.2 Å². The van der Waals surface area contributed by atoms with Crippen LogP contribution >= 0.6 is 11.8 Å². The maximum absolute atomic E-state index is 12.5. The van der Waals surface area contributed by atoms with E-state index < -0.39 is 29.9 Å². The molecule has 0 saturated carbocycles. The second kappa shape index (κ2) is 10.2. The van der Waals surface area contributed by atoms with E-state index in [4.69, 9.17) is 16.3 Å². The molecule has 3 atom stereocenters. The van der Waals surface area contributed by atoms with Crippen molar-refractivity contribution in [3.63, 3.8) is 0 Å². The molecule has 134 valence electrons. The topological polar surface area (TPSA) is 131 Å². The molecule has 0 bridgehead atoms. The summed E-state index contributed by atoms with van der Waals surface area (Å²) in [5, 5.41) is 10.7. The van der Waals surface area contributed by atoms with E-state index in [0.29, 0.717) is 38.0 Å². The number of aliphatic hydroxyl groups is 1. The molecule has 1 fully saturated rings. The molecule has 0 aliphatic carbocycles. The van der Waals surface area contributed by atoms with Gasteiger partial charge in [0.1, 0.15) is 6.10 Å². The molecule has 1 heterocycles. The zero-order valence-electron chi connectivity index (χ0n) is 13.7. The average Bonchev–Trinajstić information content (AvgIpc) is 2.54. The average molecular weight is 348 g/mol. The van der Waals surface area contributed by atoms with Crippen molar-refractivity contribution in [2.24, 2.45) is 11.6 Å². The van der Waals surface area contributed by atoms with Gasteiger partial charge in [-0.05, 0) is 17.4 Å². The molecular formula is C14H28N4O4S. The molecule has 0 aromatic rings. The van der Waals surface area contributed by atoms with Crippen molar-refractivity contribution in [2.75, 3.05) is 32.1 Å². The summed E-state index contributed by atoms with van der Waals surface area (Å²) < 4.78 is 5.22. The van der Waals surface area contributed by atoms with Gasteiger partial charge < -0.3 is 15.6 Å². The Kier molecular flexibility index (Phi) is 9.03. The van der Waals surface area contributed by atoms with Crippen LogP contribution in [0, 0.1) is 0 Å². The first-order valence-electron chi connectivity index (χ1n) is 7.79. The number of thioether (sulfide) groups is 1. The molecule has 0 spiro atoms. The van der Waals surface area contributed by atoms with Crippen molar-refractivity contribution in [1.82, 2.24) is 10.3 Å². The summed E-state index contributed by atoms with van der Waals surface area (Å²) in [6.07, 6.45) is -0.900. The Labute approximate surface area is 141 Å². The molecule has 6 N–H and O–H groups in total. The Bertz CT molecular complexity index is 391. The van der Waals surface area contributed by atoms with E-state index in [1.54, 1.807) is 16.7 Å². The first kappa shape index (κ1) is 20.3. The number of hydrogen-bond acceptors (Lipinski definition) is 8. The Morgan fingerprint density at radius 2 is 1.96 bits per heavy atom. The number of hydrogen-bond donors (Lipinski definition) is 4. The third-order valence-electron chi connectivity index (χ3n) is 3.67. The number of hydrazine groups is 1. The SMILES string of the molecule is CC(C)SCC[C@@H](N)C(O)C(=O)C(C(=O)NN)N1CCOCC1. The van der Waals surface area contributed by atoms with Gasteiger partial charge in [0.25, 0.3) is 5.91 Å². The largest absolute Gasteiger partial charge is 0.384 e. The number of nitrogens with two attached hydrogens (primary N) is 2. The quantitative estimate of drug-likeness (QED) is 0.171. The number of morpholine rings is 1. The number of carbonyl (C=O) groups excluding carboxylic acids is 2. The molecule has 1 rings (SSSR count). The van der Waals surface area contributed by atoms with Gasteiger partial charge in [0, 0.05) is 19.1 Å². The number of rotatable bonds is 9. The first-order chi connectivity index (χ1) is 10.9. The second-order valence-electron chi connectivity index (χ2n) is 5.78. The number of carbonyl (C=O) groups is 2. The maximum atomic E-state index is 12.5. The lowest BCUT2D eigenvalue weighted by Gasteiger charge is -2.33. The number of nitrogens with zero attached hydrogens (tertiary/aromatic N) is 1. The molecule has 0 radical (unpaired) electrons. The maximum Gasteiger partial charge on any atom is 0.259 e. The van der Waals surface area contributed by atoms with Crippen molar-refractivity contribution in [2.45, 2.75) is 43.7 Å². The number of Topliss-reactive ketones (excluding diaryl/α,β-unsaturated/α-hetero) is 1. The van der Waals surface area contributed by atoms with E-state index in [1.165, 1.54) is 0 Å². The highest BCUT2D eigenvalue weighted by Gasteiger charge is 2.38. The highest BCUT2D eigenvalue weighted by atomic mass is 32.2. The highest BCUT2D eigenvalue weighted by molar-refractivity contribution is 7.99. The van der Waals surface area contributed by atoms with E-state index >= 15 is 0 Å². The van der Waals surface area contributed by atoms with Gasteiger partial charge in [-0.15, -0.1) is 0 Å². The lowest BCUT2D eigenvalue weighted by atomic mass is 9.98. The van der Waals surface area contributed by atoms with Gasteiger partial charge in [0.2, 0.25) is 0 Å². The fourth-order valence-electron chi connectivity index (χ4n) is 2.36. The molecule has 1 aliphatic heterocycles. The first-order valence-corrected chi connectivity index (χ1v) is 8.84. The lowest BCUT2D eigenvalue weighted by molar-refractivity contribution is -0.144. The van der Waals surface area contributed by atoms with Crippen molar-refractivity contribution in [3.8, 4) is 0 Å². The number of ether oxygens (including phenoxy) is 1. The Hall–Kier alpha value is -0.710. The number of ketones is 1. The van der Waals surface area contributed by atoms with Gasteiger partial charge in [-0.25, -0.2) is 5.84 Å².